The molecule has 0 radical (unpaired) electrons. The van der Waals surface area contributed by atoms with E-state index in [-0.39, 0.29) is 6.03 Å². The molecule has 27 heavy (non-hydrogen) atoms. The fourth-order valence-corrected chi connectivity index (χ4v) is 3.50. The summed E-state index contributed by atoms with van der Waals surface area (Å²) in [5.74, 6) is 0. The molecule has 0 saturated carbocycles. The topological polar surface area (TPSA) is 53.4 Å². The van der Waals surface area contributed by atoms with E-state index in [1.165, 1.54) is 11.1 Å². The van der Waals surface area contributed by atoms with Crippen LogP contribution in [0.4, 0.5) is 10.5 Å². The molecule has 1 saturated heterocycles. The number of anilines is 1. The molecule has 2 amide bonds. The normalized spacial score (nSPS) is 16.4. The van der Waals surface area contributed by atoms with Crippen molar-refractivity contribution in [3.63, 3.8) is 0 Å². The van der Waals surface area contributed by atoms with E-state index in [4.69, 9.17) is 0 Å². The Hall–Kier alpha value is -2.34. The number of nitrogens with one attached hydrogen (secondary N) is 1. The minimum Gasteiger partial charge on any atom is -0.322 e. The van der Waals surface area contributed by atoms with Gasteiger partial charge in [0.2, 0.25) is 0 Å². The summed E-state index contributed by atoms with van der Waals surface area (Å²) in [6.45, 7) is 12.7. The molecule has 3 rings (SSSR count). The van der Waals surface area contributed by atoms with Crippen LogP contribution < -0.4 is 5.32 Å². The predicted molar refractivity (Wildman–Crippen MR) is 109 cm³/mol. The lowest BCUT2D eigenvalue weighted by molar-refractivity contribution is 0.143. The average molecular weight is 370 g/mol. The quantitative estimate of drug-likeness (QED) is 0.872. The first-order chi connectivity index (χ1) is 13.0. The highest BCUT2D eigenvalue weighted by molar-refractivity contribution is 5.89. The summed E-state index contributed by atoms with van der Waals surface area (Å²) in [5, 5.41) is 7.47. The maximum atomic E-state index is 12.6. The van der Waals surface area contributed by atoms with E-state index in [1.54, 1.807) is 6.20 Å². The van der Waals surface area contributed by atoms with E-state index in [0.717, 1.165) is 50.5 Å². The molecule has 1 unspecified atom stereocenters. The van der Waals surface area contributed by atoms with E-state index >= 15 is 0 Å². The van der Waals surface area contributed by atoms with E-state index in [1.807, 2.05) is 16.5 Å². The number of piperazine rings is 1. The number of benzene rings is 1. The number of urea groups is 1. The smallest absolute Gasteiger partial charge is 0.322 e. The third-order valence-corrected chi connectivity index (χ3v) is 5.61. The summed E-state index contributed by atoms with van der Waals surface area (Å²) < 4.78 is 1.98. The minimum atomic E-state index is -0.0302. The molecule has 6 heteroatoms. The zero-order chi connectivity index (χ0) is 19.4. The second-order valence-electron chi connectivity index (χ2n) is 7.47. The predicted octanol–water partition coefficient (Wildman–Crippen LogP) is 3.82. The Labute approximate surface area is 162 Å². The van der Waals surface area contributed by atoms with Gasteiger partial charge in [-0.15, -0.1) is 0 Å². The molecule has 1 aliphatic rings. The third-order valence-electron chi connectivity index (χ3n) is 5.61. The Morgan fingerprint density at radius 2 is 1.89 bits per heavy atom. The zero-order valence-corrected chi connectivity index (χ0v) is 16.9. The van der Waals surface area contributed by atoms with Crippen LogP contribution in [0.25, 0.3) is 0 Å². The van der Waals surface area contributed by atoms with Crippen molar-refractivity contribution in [3.05, 3.63) is 47.3 Å². The van der Waals surface area contributed by atoms with Crippen LogP contribution in [0.1, 0.15) is 43.1 Å². The largest absolute Gasteiger partial charge is 0.322 e. The lowest BCUT2D eigenvalue weighted by Gasteiger charge is -2.34. The van der Waals surface area contributed by atoms with Crippen molar-refractivity contribution in [3.8, 4) is 0 Å². The molecule has 0 spiro atoms. The van der Waals surface area contributed by atoms with Crippen LogP contribution in [0.15, 0.2) is 30.5 Å². The van der Waals surface area contributed by atoms with E-state index in [0.29, 0.717) is 6.04 Å². The fraction of sp³-hybridized carbons (Fsp3) is 0.524. The molecule has 146 valence electrons. The summed E-state index contributed by atoms with van der Waals surface area (Å²) >= 11 is 0. The Morgan fingerprint density at radius 3 is 2.56 bits per heavy atom. The minimum absolute atomic E-state index is 0.0302. The fourth-order valence-electron chi connectivity index (χ4n) is 3.50. The van der Waals surface area contributed by atoms with Crippen LogP contribution in [0.5, 0.6) is 0 Å². The number of rotatable bonds is 5. The van der Waals surface area contributed by atoms with Crippen LogP contribution in [0, 0.1) is 13.8 Å². The lowest BCUT2D eigenvalue weighted by Crippen LogP contribution is -2.49. The molecule has 1 aliphatic heterocycles. The van der Waals surface area contributed by atoms with Crippen LogP contribution in [-0.4, -0.2) is 51.8 Å². The molecule has 1 N–H and O–H groups in total. The molecule has 0 aliphatic carbocycles. The SMILES string of the molecule is CCC(C)n1ncc(NC(=O)N2CCN(Cc3ccccc3C)CC2)c1C. The van der Waals surface area contributed by atoms with Gasteiger partial charge in [0, 0.05) is 38.8 Å². The molecule has 6 nitrogen and oxygen atoms in total. The molecular formula is C21H31N5O. The zero-order valence-electron chi connectivity index (χ0n) is 16.9. The maximum Gasteiger partial charge on any atom is 0.322 e. The highest BCUT2D eigenvalue weighted by atomic mass is 16.2. The van der Waals surface area contributed by atoms with Gasteiger partial charge in [-0.3, -0.25) is 9.58 Å². The van der Waals surface area contributed by atoms with Crippen molar-refractivity contribution in [1.29, 1.82) is 0 Å². The summed E-state index contributed by atoms with van der Waals surface area (Å²) in [7, 11) is 0. The number of hydrogen-bond donors (Lipinski definition) is 1. The van der Waals surface area contributed by atoms with Crippen molar-refractivity contribution in [1.82, 2.24) is 19.6 Å². The number of aromatic nitrogens is 2. The molecule has 1 aromatic heterocycles. The first-order valence-electron chi connectivity index (χ1n) is 9.86. The van der Waals surface area contributed by atoms with Crippen molar-refractivity contribution in [2.24, 2.45) is 0 Å². The second kappa shape index (κ2) is 8.57. The van der Waals surface area contributed by atoms with Crippen molar-refractivity contribution < 1.29 is 4.79 Å². The van der Waals surface area contributed by atoms with E-state index in [9.17, 15) is 4.79 Å². The highest BCUT2D eigenvalue weighted by Gasteiger charge is 2.22. The molecule has 2 aromatic rings. The lowest BCUT2D eigenvalue weighted by atomic mass is 10.1. The van der Waals surface area contributed by atoms with Crippen molar-refractivity contribution in [2.75, 3.05) is 31.5 Å². The first kappa shape index (κ1) is 19.4. The van der Waals surface area contributed by atoms with Gasteiger partial charge in [-0.1, -0.05) is 31.2 Å². The second-order valence-corrected chi connectivity index (χ2v) is 7.47. The van der Waals surface area contributed by atoms with Gasteiger partial charge < -0.3 is 10.2 Å². The maximum absolute atomic E-state index is 12.6. The highest BCUT2D eigenvalue weighted by Crippen LogP contribution is 2.20. The van der Waals surface area contributed by atoms with Gasteiger partial charge in [0.1, 0.15) is 0 Å². The monoisotopic (exact) mass is 369 g/mol. The van der Waals surface area contributed by atoms with Crippen LogP contribution in [-0.2, 0) is 6.54 Å². The number of amides is 2. The van der Waals surface area contributed by atoms with Gasteiger partial charge in [0.05, 0.1) is 17.6 Å². The van der Waals surface area contributed by atoms with Crippen molar-refractivity contribution >= 4 is 11.7 Å². The van der Waals surface area contributed by atoms with Gasteiger partial charge in [-0.2, -0.15) is 5.10 Å². The molecule has 1 atom stereocenters. The number of hydrogen-bond acceptors (Lipinski definition) is 3. The summed E-state index contributed by atoms with van der Waals surface area (Å²) in [6.07, 6.45) is 2.77. The Kier molecular flexibility index (Phi) is 6.16. The molecule has 0 bridgehead atoms. The third kappa shape index (κ3) is 4.50. The Bertz CT molecular complexity index is 777. The van der Waals surface area contributed by atoms with Gasteiger partial charge >= 0.3 is 6.03 Å². The van der Waals surface area contributed by atoms with Gasteiger partial charge in [-0.25, -0.2) is 4.79 Å². The summed E-state index contributed by atoms with van der Waals surface area (Å²) in [5.41, 5.74) is 4.51. The number of carbonyl (C=O) groups is 1. The van der Waals surface area contributed by atoms with E-state index in [2.05, 4.69) is 60.4 Å². The number of carbonyl (C=O) groups excluding carboxylic acids is 1. The van der Waals surface area contributed by atoms with Gasteiger partial charge in [-0.05, 0) is 38.3 Å². The molecular weight excluding hydrogens is 338 g/mol. The van der Waals surface area contributed by atoms with Crippen molar-refractivity contribution in [2.45, 2.75) is 46.7 Å². The summed E-state index contributed by atoms with van der Waals surface area (Å²) in [6, 6.07) is 8.81. The van der Waals surface area contributed by atoms with Gasteiger partial charge in [0.15, 0.2) is 0 Å². The van der Waals surface area contributed by atoms with E-state index < -0.39 is 0 Å². The first-order valence-corrected chi connectivity index (χ1v) is 9.86. The number of nitrogens with zero attached hydrogens (tertiary/aromatic N) is 4. The standard InChI is InChI=1S/C21H31N5O/c1-5-17(3)26-18(4)20(14-22-26)23-21(27)25-12-10-24(11-13-25)15-19-9-7-6-8-16(19)2/h6-9,14,17H,5,10-13,15H2,1-4H3,(H,23,27). The molecule has 1 fully saturated rings. The average Bonchev–Trinajstić information content (AvgIpc) is 3.04. The summed E-state index contributed by atoms with van der Waals surface area (Å²) in [4.78, 5) is 17.0. The van der Waals surface area contributed by atoms with Gasteiger partial charge in [0.25, 0.3) is 0 Å². The molecule has 1 aromatic carbocycles. The van der Waals surface area contributed by atoms with Crippen LogP contribution >= 0.6 is 0 Å². The number of aryl methyl sites for hydroxylation is 1. The van der Waals surface area contributed by atoms with Crippen LogP contribution in [0.3, 0.4) is 0 Å². The molecule has 2 heterocycles. The van der Waals surface area contributed by atoms with Crippen LogP contribution in [0.2, 0.25) is 0 Å². The Balaban J connectivity index is 1.53. The Morgan fingerprint density at radius 1 is 1.19 bits per heavy atom.